The van der Waals surface area contributed by atoms with Gasteiger partial charge in [0.25, 0.3) is 0 Å². The maximum atomic E-state index is 11.8. The van der Waals surface area contributed by atoms with E-state index in [2.05, 4.69) is 25.8 Å². The van der Waals surface area contributed by atoms with Gasteiger partial charge in [-0.25, -0.2) is 17.7 Å². The van der Waals surface area contributed by atoms with Crippen LogP contribution in [0.5, 0.6) is 0 Å². The molecule has 2 aliphatic heterocycles. The Morgan fingerprint density at radius 1 is 1.32 bits per heavy atom. The SMILES string of the molecule is CN(Cc1cc2nc(Cl)nc(N3CCOCC3)c2s1)C1CCN(S(C)(=O)=O)C1. The molecule has 8 nitrogen and oxygen atoms in total. The van der Waals surface area contributed by atoms with Gasteiger partial charge < -0.3 is 9.64 Å². The molecule has 28 heavy (non-hydrogen) atoms. The molecule has 0 aromatic carbocycles. The quantitative estimate of drug-likeness (QED) is 0.647. The Balaban J connectivity index is 1.53. The van der Waals surface area contributed by atoms with E-state index in [0.29, 0.717) is 26.3 Å². The van der Waals surface area contributed by atoms with Gasteiger partial charge in [0.2, 0.25) is 15.3 Å². The third-order valence-corrected chi connectivity index (χ3v) is 7.86. The van der Waals surface area contributed by atoms with Crippen LogP contribution in [0.4, 0.5) is 5.82 Å². The summed E-state index contributed by atoms with van der Waals surface area (Å²) in [4.78, 5) is 14.5. The number of hydrogen-bond acceptors (Lipinski definition) is 8. The van der Waals surface area contributed by atoms with E-state index in [1.165, 1.54) is 11.1 Å². The summed E-state index contributed by atoms with van der Waals surface area (Å²) in [5.41, 5.74) is 0.860. The van der Waals surface area contributed by atoms with Gasteiger partial charge in [0.15, 0.2) is 5.82 Å². The fourth-order valence-electron chi connectivity index (χ4n) is 3.75. The van der Waals surface area contributed by atoms with Crippen molar-refractivity contribution in [1.29, 1.82) is 0 Å². The highest BCUT2D eigenvalue weighted by Gasteiger charge is 2.31. The van der Waals surface area contributed by atoms with Crippen LogP contribution in [0.25, 0.3) is 10.2 Å². The molecule has 4 rings (SSSR count). The Morgan fingerprint density at radius 3 is 2.75 bits per heavy atom. The minimum Gasteiger partial charge on any atom is -0.378 e. The molecule has 1 unspecified atom stereocenters. The van der Waals surface area contributed by atoms with Gasteiger partial charge in [0.1, 0.15) is 0 Å². The standard InChI is InChI=1S/C17H24ClN5O3S2/c1-21(12-3-4-23(10-12)28(2,24)25)11-13-9-14-15(27-13)16(20-17(18)19-14)22-5-7-26-8-6-22/h9,12H,3-8,10-11H2,1-2H3. The van der Waals surface area contributed by atoms with Gasteiger partial charge >= 0.3 is 0 Å². The normalized spacial score (nSPS) is 21.9. The van der Waals surface area contributed by atoms with E-state index in [1.807, 2.05) is 7.05 Å². The predicted octanol–water partition coefficient (Wildman–Crippen LogP) is 1.65. The van der Waals surface area contributed by atoms with Crippen molar-refractivity contribution in [3.63, 3.8) is 0 Å². The Hall–Kier alpha value is -1.04. The zero-order chi connectivity index (χ0) is 19.9. The number of fused-ring (bicyclic) bond motifs is 1. The van der Waals surface area contributed by atoms with Crippen molar-refractivity contribution in [1.82, 2.24) is 19.2 Å². The molecule has 0 radical (unpaired) electrons. The lowest BCUT2D eigenvalue weighted by atomic mass is 10.2. The Morgan fingerprint density at radius 2 is 2.07 bits per heavy atom. The number of thiophene rings is 1. The molecule has 4 heterocycles. The number of anilines is 1. The lowest BCUT2D eigenvalue weighted by Crippen LogP contribution is -2.36. The van der Waals surface area contributed by atoms with Crippen LogP contribution in [0, 0.1) is 0 Å². The van der Waals surface area contributed by atoms with Crippen LogP contribution in [-0.4, -0.2) is 86.3 Å². The van der Waals surface area contributed by atoms with Gasteiger partial charge in [0, 0.05) is 43.6 Å². The number of aromatic nitrogens is 2. The summed E-state index contributed by atoms with van der Waals surface area (Å²) < 4.78 is 31.6. The van der Waals surface area contributed by atoms with Crippen molar-refractivity contribution in [2.75, 3.05) is 57.6 Å². The largest absolute Gasteiger partial charge is 0.378 e. The summed E-state index contributed by atoms with van der Waals surface area (Å²) in [6.07, 6.45) is 2.12. The summed E-state index contributed by atoms with van der Waals surface area (Å²) in [6, 6.07) is 2.28. The second kappa shape index (κ2) is 8.00. The highest BCUT2D eigenvalue weighted by atomic mass is 35.5. The summed E-state index contributed by atoms with van der Waals surface area (Å²) in [5.74, 6) is 0.876. The molecule has 2 aromatic rings. The highest BCUT2D eigenvalue weighted by Crippen LogP contribution is 2.34. The van der Waals surface area contributed by atoms with Gasteiger partial charge in [-0.2, -0.15) is 4.98 Å². The molecule has 154 valence electrons. The first-order valence-electron chi connectivity index (χ1n) is 9.25. The fraction of sp³-hybridized carbons (Fsp3) is 0.647. The zero-order valence-corrected chi connectivity index (χ0v) is 18.4. The summed E-state index contributed by atoms with van der Waals surface area (Å²) in [5, 5.41) is 0.256. The van der Waals surface area contributed by atoms with Gasteiger partial charge in [-0.15, -0.1) is 11.3 Å². The van der Waals surface area contributed by atoms with Crippen LogP contribution >= 0.6 is 22.9 Å². The molecule has 2 saturated heterocycles. The highest BCUT2D eigenvalue weighted by molar-refractivity contribution is 7.88. The average Bonchev–Trinajstić information content (AvgIpc) is 3.28. The van der Waals surface area contributed by atoms with E-state index < -0.39 is 10.0 Å². The molecule has 0 N–H and O–H groups in total. The van der Waals surface area contributed by atoms with Crippen LogP contribution in [0.1, 0.15) is 11.3 Å². The molecule has 0 bridgehead atoms. The van der Waals surface area contributed by atoms with E-state index in [4.69, 9.17) is 16.3 Å². The van der Waals surface area contributed by atoms with Crippen LogP contribution < -0.4 is 4.90 Å². The minimum absolute atomic E-state index is 0.216. The van der Waals surface area contributed by atoms with E-state index in [1.54, 1.807) is 15.6 Å². The topological polar surface area (TPSA) is 78.9 Å². The van der Waals surface area contributed by atoms with Gasteiger partial charge in [-0.1, -0.05) is 0 Å². The second-order valence-electron chi connectivity index (χ2n) is 7.32. The maximum absolute atomic E-state index is 11.8. The summed E-state index contributed by atoms with van der Waals surface area (Å²) in [7, 11) is -1.08. The third-order valence-electron chi connectivity index (χ3n) is 5.31. The van der Waals surface area contributed by atoms with Crippen LogP contribution in [0.15, 0.2) is 6.07 Å². The third kappa shape index (κ3) is 4.27. The lowest BCUT2D eigenvalue weighted by molar-refractivity contribution is 0.122. The molecular formula is C17H24ClN5O3S2. The monoisotopic (exact) mass is 445 g/mol. The van der Waals surface area contributed by atoms with Gasteiger partial charge in [0.05, 0.1) is 29.7 Å². The van der Waals surface area contributed by atoms with E-state index in [9.17, 15) is 8.42 Å². The molecule has 0 saturated carbocycles. The number of likely N-dealkylation sites (N-methyl/N-ethyl adjacent to an activating group) is 1. The van der Waals surface area contributed by atoms with Crippen molar-refractivity contribution in [3.8, 4) is 0 Å². The van der Waals surface area contributed by atoms with Crippen LogP contribution in [-0.2, 0) is 21.3 Å². The van der Waals surface area contributed by atoms with Crippen molar-refractivity contribution in [2.45, 2.75) is 19.0 Å². The van der Waals surface area contributed by atoms with E-state index >= 15 is 0 Å². The van der Waals surface area contributed by atoms with Crippen molar-refractivity contribution < 1.29 is 13.2 Å². The van der Waals surface area contributed by atoms with Gasteiger partial charge in [-0.3, -0.25) is 4.90 Å². The first-order valence-corrected chi connectivity index (χ1v) is 12.3. The van der Waals surface area contributed by atoms with E-state index in [-0.39, 0.29) is 11.3 Å². The molecule has 0 amide bonds. The number of nitrogens with zero attached hydrogens (tertiary/aromatic N) is 5. The molecule has 0 spiro atoms. The minimum atomic E-state index is -3.12. The van der Waals surface area contributed by atoms with Crippen molar-refractivity contribution in [2.24, 2.45) is 0 Å². The second-order valence-corrected chi connectivity index (χ2v) is 10.8. The average molecular weight is 446 g/mol. The maximum Gasteiger partial charge on any atom is 0.224 e. The number of rotatable bonds is 5. The number of ether oxygens (including phenoxy) is 1. The molecule has 11 heteroatoms. The molecule has 2 aliphatic rings. The lowest BCUT2D eigenvalue weighted by Gasteiger charge is -2.28. The molecule has 0 aliphatic carbocycles. The zero-order valence-electron chi connectivity index (χ0n) is 16.0. The number of hydrogen-bond donors (Lipinski definition) is 0. The van der Waals surface area contributed by atoms with Crippen molar-refractivity contribution >= 4 is 49.0 Å². The molecule has 1 atom stereocenters. The number of morpholine rings is 1. The Kier molecular flexibility index (Phi) is 5.78. The number of halogens is 1. The summed E-state index contributed by atoms with van der Waals surface area (Å²) in [6.45, 7) is 4.82. The summed E-state index contributed by atoms with van der Waals surface area (Å²) >= 11 is 7.85. The molecule has 2 fully saturated rings. The Labute approximate surface area is 174 Å². The predicted molar refractivity (Wildman–Crippen MR) is 112 cm³/mol. The first kappa shape index (κ1) is 20.2. The van der Waals surface area contributed by atoms with Crippen LogP contribution in [0.2, 0.25) is 5.28 Å². The molecule has 2 aromatic heterocycles. The van der Waals surface area contributed by atoms with E-state index in [0.717, 1.165) is 42.1 Å². The first-order chi connectivity index (χ1) is 13.3. The molecular weight excluding hydrogens is 422 g/mol. The number of sulfonamides is 1. The van der Waals surface area contributed by atoms with Crippen LogP contribution in [0.3, 0.4) is 0 Å². The van der Waals surface area contributed by atoms with Gasteiger partial charge in [-0.05, 0) is 31.1 Å². The smallest absolute Gasteiger partial charge is 0.224 e. The van der Waals surface area contributed by atoms with Crippen molar-refractivity contribution in [3.05, 3.63) is 16.2 Å². The Bertz CT molecular complexity index is 961. The fourth-order valence-corrected chi connectivity index (χ4v) is 5.98.